The highest BCUT2D eigenvalue weighted by molar-refractivity contribution is 5.13. The molecule has 0 amide bonds. The minimum absolute atomic E-state index is 0.336. The standard InChI is InChI=1S/C13H23NO2/c1-3-14-13(11-5-4-8-15-9-11)12-7-6-10(2)16-12/h9-10,12-14H,3-8H2,1-2H3. The first kappa shape index (κ1) is 11.9. The maximum absolute atomic E-state index is 5.97. The monoisotopic (exact) mass is 225 g/mol. The molecule has 0 aromatic heterocycles. The quantitative estimate of drug-likeness (QED) is 0.796. The predicted octanol–water partition coefficient (Wildman–Crippen LogP) is 2.23. The molecule has 1 saturated heterocycles. The number of nitrogens with one attached hydrogen (secondary N) is 1. The zero-order valence-corrected chi connectivity index (χ0v) is 10.4. The number of likely N-dealkylation sites (N-methyl/N-ethyl adjacent to an activating group) is 1. The lowest BCUT2D eigenvalue weighted by Gasteiger charge is -2.28. The Morgan fingerprint density at radius 1 is 1.50 bits per heavy atom. The van der Waals surface area contributed by atoms with E-state index in [0.717, 1.165) is 32.4 Å². The van der Waals surface area contributed by atoms with Crippen molar-refractivity contribution in [2.75, 3.05) is 13.2 Å². The molecule has 0 bridgehead atoms. The van der Waals surface area contributed by atoms with Crippen molar-refractivity contribution < 1.29 is 9.47 Å². The Balaban J connectivity index is 2.01. The molecule has 16 heavy (non-hydrogen) atoms. The molecule has 3 unspecified atom stereocenters. The van der Waals surface area contributed by atoms with Gasteiger partial charge in [0.15, 0.2) is 0 Å². The summed E-state index contributed by atoms with van der Waals surface area (Å²) in [5, 5.41) is 3.54. The summed E-state index contributed by atoms with van der Waals surface area (Å²) in [6.07, 6.45) is 7.32. The topological polar surface area (TPSA) is 30.5 Å². The van der Waals surface area contributed by atoms with Crippen LogP contribution >= 0.6 is 0 Å². The molecular formula is C13H23NO2. The molecular weight excluding hydrogens is 202 g/mol. The van der Waals surface area contributed by atoms with Gasteiger partial charge < -0.3 is 14.8 Å². The van der Waals surface area contributed by atoms with Gasteiger partial charge in [0.1, 0.15) is 0 Å². The third-order valence-electron chi connectivity index (χ3n) is 3.42. The van der Waals surface area contributed by atoms with Crippen LogP contribution in [0.3, 0.4) is 0 Å². The van der Waals surface area contributed by atoms with Crippen LogP contribution in [0.4, 0.5) is 0 Å². The molecule has 0 radical (unpaired) electrons. The van der Waals surface area contributed by atoms with Crippen LogP contribution in [-0.4, -0.2) is 31.4 Å². The van der Waals surface area contributed by atoms with Crippen LogP contribution in [0, 0.1) is 0 Å². The Hall–Kier alpha value is -0.540. The van der Waals surface area contributed by atoms with Crippen LogP contribution in [0.15, 0.2) is 11.8 Å². The Labute approximate surface area is 98.2 Å². The highest BCUT2D eigenvalue weighted by Gasteiger charge is 2.31. The molecule has 3 nitrogen and oxygen atoms in total. The molecule has 0 aromatic rings. The fourth-order valence-electron chi connectivity index (χ4n) is 2.61. The molecule has 3 heteroatoms. The second kappa shape index (κ2) is 5.69. The molecule has 1 N–H and O–H groups in total. The van der Waals surface area contributed by atoms with E-state index >= 15 is 0 Å². The summed E-state index contributed by atoms with van der Waals surface area (Å²) in [6, 6.07) is 0.357. The Morgan fingerprint density at radius 2 is 2.38 bits per heavy atom. The van der Waals surface area contributed by atoms with Gasteiger partial charge in [-0.15, -0.1) is 0 Å². The molecule has 0 saturated carbocycles. The van der Waals surface area contributed by atoms with Crippen molar-refractivity contribution in [3.05, 3.63) is 11.8 Å². The van der Waals surface area contributed by atoms with Gasteiger partial charge in [0.05, 0.1) is 31.1 Å². The van der Waals surface area contributed by atoms with E-state index in [1.807, 2.05) is 6.26 Å². The Morgan fingerprint density at radius 3 is 2.94 bits per heavy atom. The number of hydrogen-bond donors (Lipinski definition) is 1. The molecule has 3 atom stereocenters. The minimum atomic E-state index is 0.336. The third-order valence-corrected chi connectivity index (χ3v) is 3.42. The van der Waals surface area contributed by atoms with E-state index in [9.17, 15) is 0 Å². The lowest BCUT2D eigenvalue weighted by Crippen LogP contribution is -2.42. The summed E-state index contributed by atoms with van der Waals surface area (Å²) < 4.78 is 11.4. The van der Waals surface area contributed by atoms with E-state index in [1.165, 1.54) is 12.0 Å². The molecule has 1 fully saturated rings. The van der Waals surface area contributed by atoms with Crippen molar-refractivity contribution in [2.24, 2.45) is 0 Å². The normalized spacial score (nSPS) is 32.0. The van der Waals surface area contributed by atoms with E-state index in [1.54, 1.807) is 0 Å². The van der Waals surface area contributed by atoms with Crippen LogP contribution in [-0.2, 0) is 9.47 Å². The summed E-state index contributed by atoms with van der Waals surface area (Å²) in [7, 11) is 0. The average Bonchev–Trinajstić information content (AvgIpc) is 2.74. The molecule has 2 aliphatic heterocycles. The SMILES string of the molecule is CCNC(C1=COCCC1)C1CCC(C)O1. The van der Waals surface area contributed by atoms with Crippen LogP contribution in [0.25, 0.3) is 0 Å². The van der Waals surface area contributed by atoms with Gasteiger partial charge >= 0.3 is 0 Å². The molecule has 2 aliphatic rings. The van der Waals surface area contributed by atoms with Gasteiger partial charge in [0, 0.05) is 0 Å². The maximum atomic E-state index is 5.97. The first-order valence-electron chi connectivity index (χ1n) is 6.50. The van der Waals surface area contributed by atoms with E-state index in [-0.39, 0.29) is 0 Å². The van der Waals surface area contributed by atoms with Gasteiger partial charge in [0.25, 0.3) is 0 Å². The van der Waals surface area contributed by atoms with Crippen molar-refractivity contribution >= 4 is 0 Å². The summed E-state index contributed by atoms with van der Waals surface area (Å²) in [5.74, 6) is 0. The first-order valence-corrected chi connectivity index (χ1v) is 6.50. The summed E-state index contributed by atoms with van der Waals surface area (Å²) in [4.78, 5) is 0. The van der Waals surface area contributed by atoms with Crippen molar-refractivity contribution in [1.82, 2.24) is 5.32 Å². The number of hydrogen-bond acceptors (Lipinski definition) is 3. The fraction of sp³-hybridized carbons (Fsp3) is 0.846. The van der Waals surface area contributed by atoms with Gasteiger partial charge in [-0.2, -0.15) is 0 Å². The third kappa shape index (κ3) is 2.77. The molecule has 2 rings (SSSR count). The van der Waals surface area contributed by atoms with E-state index in [4.69, 9.17) is 9.47 Å². The molecule has 0 aromatic carbocycles. The smallest absolute Gasteiger partial charge is 0.0876 e. The van der Waals surface area contributed by atoms with Gasteiger partial charge in [0.2, 0.25) is 0 Å². The van der Waals surface area contributed by atoms with E-state index in [0.29, 0.717) is 18.2 Å². The number of rotatable bonds is 4. The second-order valence-corrected chi connectivity index (χ2v) is 4.76. The highest BCUT2D eigenvalue weighted by atomic mass is 16.5. The lowest BCUT2D eigenvalue weighted by atomic mass is 9.95. The van der Waals surface area contributed by atoms with Crippen molar-refractivity contribution in [2.45, 2.75) is 57.8 Å². The van der Waals surface area contributed by atoms with Crippen molar-refractivity contribution in [3.8, 4) is 0 Å². The molecule has 0 aliphatic carbocycles. The van der Waals surface area contributed by atoms with Gasteiger partial charge in [-0.1, -0.05) is 6.92 Å². The van der Waals surface area contributed by atoms with Gasteiger partial charge in [-0.25, -0.2) is 0 Å². The van der Waals surface area contributed by atoms with Crippen LogP contribution in [0.2, 0.25) is 0 Å². The van der Waals surface area contributed by atoms with Gasteiger partial charge in [-0.05, 0) is 44.7 Å². The molecule has 2 heterocycles. The van der Waals surface area contributed by atoms with Gasteiger partial charge in [-0.3, -0.25) is 0 Å². The number of ether oxygens (including phenoxy) is 2. The first-order chi connectivity index (χ1) is 7.81. The van der Waals surface area contributed by atoms with Crippen LogP contribution < -0.4 is 5.32 Å². The van der Waals surface area contributed by atoms with E-state index < -0.39 is 0 Å². The fourth-order valence-corrected chi connectivity index (χ4v) is 2.61. The predicted molar refractivity (Wildman–Crippen MR) is 64.3 cm³/mol. The average molecular weight is 225 g/mol. The van der Waals surface area contributed by atoms with E-state index in [2.05, 4.69) is 19.2 Å². The van der Waals surface area contributed by atoms with Crippen LogP contribution in [0.5, 0.6) is 0 Å². The Kier molecular flexibility index (Phi) is 4.24. The Bertz CT molecular complexity index is 252. The van der Waals surface area contributed by atoms with Crippen molar-refractivity contribution in [1.29, 1.82) is 0 Å². The second-order valence-electron chi connectivity index (χ2n) is 4.76. The van der Waals surface area contributed by atoms with Crippen molar-refractivity contribution in [3.63, 3.8) is 0 Å². The summed E-state index contributed by atoms with van der Waals surface area (Å²) in [6.45, 7) is 6.16. The highest BCUT2D eigenvalue weighted by Crippen LogP contribution is 2.27. The lowest BCUT2D eigenvalue weighted by molar-refractivity contribution is 0.0372. The molecule has 92 valence electrons. The summed E-state index contributed by atoms with van der Waals surface area (Å²) >= 11 is 0. The summed E-state index contributed by atoms with van der Waals surface area (Å²) in [5.41, 5.74) is 1.38. The van der Waals surface area contributed by atoms with Crippen LogP contribution in [0.1, 0.15) is 39.5 Å². The maximum Gasteiger partial charge on any atom is 0.0876 e. The zero-order valence-electron chi connectivity index (χ0n) is 10.4. The minimum Gasteiger partial charge on any atom is -0.501 e. The molecule has 0 spiro atoms. The zero-order chi connectivity index (χ0) is 11.4. The largest absolute Gasteiger partial charge is 0.501 e.